The molecule has 0 saturated heterocycles. The van der Waals surface area contributed by atoms with Gasteiger partial charge in [-0.05, 0) is 85.3 Å². The molecule has 35 heavy (non-hydrogen) atoms. The molecule has 0 amide bonds. The van der Waals surface area contributed by atoms with Crippen LogP contribution in [0.15, 0.2) is 30.3 Å². The van der Waals surface area contributed by atoms with Gasteiger partial charge in [0.05, 0.1) is 0 Å². The molecule has 0 aliphatic rings. The molecule has 0 saturated carbocycles. The van der Waals surface area contributed by atoms with Crippen molar-refractivity contribution in [3.05, 3.63) is 69.3 Å². The zero-order valence-corrected chi connectivity index (χ0v) is 26.0. The molecule has 0 nitrogen and oxygen atoms in total. The molecule has 0 unspecified atom stereocenters. The number of benzene rings is 2. The van der Waals surface area contributed by atoms with E-state index in [4.69, 9.17) is 0 Å². The highest BCUT2D eigenvalue weighted by Gasteiger charge is 2.36. The summed E-state index contributed by atoms with van der Waals surface area (Å²) in [4.78, 5) is 0. The van der Waals surface area contributed by atoms with E-state index in [1.165, 1.54) is 28.7 Å². The Bertz CT molecular complexity index is 962. The molecule has 0 aliphatic heterocycles. The van der Waals surface area contributed by atoms with Crippen molar-refractivity contribution >= 4 is 0 Å². The lowest BCUT2D eigenvalue weighted by Gasteiger charge is -2.40. The predicted octanol–water partition coefficient (Wildman–Crippen LogP) is 10.3. The van der Waals surface area contributed by atoms with Crippen molar-refractivity contribution in [2.45, 2.75) is 150 Å². The second-order valence-corrected chi connectivity index (χ2v) is 16.0. The maximum Gasteiger partial charge on any atom is -0.0126 e. The van der Waals surface area contributed by atoms with E-state index in [0.29, 0.717) is 0 Å². The Labute approximate surface area is 219 Å². The van der Waals surface area contributed by atoms with Gasteiger partial charge in [-0.15, -0.1) is 0 Å². The lowest BCUT2D eigenvalue weighted by molar-refractivity contribution is 0.490. The highest BCUT2D eigenvalue weighted by molar-refractivity contribution is 5.56. The minimum Gasteiger partial charge on any atom is -0.0617 e. The molecule has 0 aliphatic carbocycles. The maximum atomic E-state index is 2.58. The molecule has 0 aromatic heterocycles. The molecule has 0 atom stereocenters. The Hall–Kier alpha value is -1.56. The summed E-state index contributed by atoms with van der Waals surface area (Å²) < 4.78 is 0. The van der Waals surface area contributed by atoms with Crippen molar-refractivity contribution in [1.29, 1.82) is 0 Å². The van der Waals surface area contributed by atoms with Crippen LogP contribution in [0.3, 0.4) is 0 Å². The summed E-state index contributed by atoms with van der Waals surface area (Å²) >= 11 is 0. The maximum absolute atomic E-state index is 2.58. The smallest absolute Gasteiger partial charge is 0.0126 e. The van der Waals surface area contributed by atoms with E-state index >= 15 is 0 Å². The molecular formula is C35H56. The molecule has 0 spiro atoms. The van der Waals surface area contributed by atoms with Crippen LogP contribution in [0.5, 0.6) is 0 Å². The molecule has 2 aromatic rings. The quantitative estimate of drug-likeness (QED) is 0.411. The van der Waals surface area contributed by atoms with Gasteiger partial charge in [0.25, 0.3) is 0 Å². The molecule has 0 radical (unpaired) electrons. The van der Waals surface area contributed by atoms with Crippen LogP contribution in [0.4, 0.5) is 0 Å². The molecule has 0 heteroatoms. The van der Waals surface area contributed by atoms with Crippen molar-refractivity contribution in [1.82, 2.24) is 0 Å². The van der Waals surface area contributed by atoms with E-state index in [9.17, 15) is 0 Å². The largest absolute Gasteiger partial charge is 0.0617 e. The van der Waals surface area contributed by atoms with Gasteiger partial charge in [-0.1, -0.05) is 134 Å². The Morgan fingerprint density at radius 1 is 0.486 bits per heavy atom. The summed E-state index contributed by atoms with van der Waals surface area (Å²) in [6, 6.07) is 11.9. The Kier molecular flexibility index (Phi) is 8.24. The van der Waals surface area contributed by atoms with Crippen LogP contribution >= 0.6 is 0 Å². The third-order valence-electron chi connectivity index (χ3n) is 7.23. The lowest BCUT2D eigenvalue weighted by Crippen LogP contribution is -2.31. The molecule has 0 N–H and O–H groups in total. The number of rotatable bonds is 4. The SMILES string of the molecule is CC(C)(C)c1cccc(CCCc2c(C(C)(C)C)c(C(C)(C)C)cc(C(C)(C)C)c2C(C)(C)C)c1. The molecule has 0 bridgehead atoms. The van der Waals surface area contributed by atoms with Gasteiger partial charge in [0.1, 0.15) is 0 Å². The van der Waals surface area contributed by atoms with Crippen molar-refractivity contribution < 1.29 is 0 Å². The van der Waals surface area contributed by atoms with Crippen LogP contribution in [-0.4, -0.2) is 0 Å². The Balaban J connectivity index is 2.72. The van der Waals surface area contributed by atoms with Gasteiger partial charge in [-0.25, -0.2) is 0 Å². The molecular weight excluding hydrogens is 420 g/mol. The second-order valence-electron chi connectivity index (χ2n) is 16.0. The fraction of sp³-hybridized carbons (Fsp3) is 0.657. The Morgan fingerprint density at radius 2 is 0.943 bits per heavy atom. The number of hydrogen-bond donors (Lipinski definition) is 0. The molecule has 0 heterocycles. The van der Waals surface area contributed by atoms with Crippen molar-refractivity contribution in [2.75, 3.05) is 0 Å². The van der Waals surface area contributed by atoms with E-state index in [1.807, 2.05) is 0 Å². The van der Waals surface area contributed by atoms with Gasteiger partial charge >= 0.3 is 0 Å². The highest BCUT2D eigenvalue weighted by atomic mass is 14.4. The standard InChI is InChI=1S/C35H56/c1-31(2,3)25-20-16-18-24(22-25)19-17-21-26-29(34(10,11)12)27(32(4,5)6)23-28(33(7,8)9)30(26)35(13,14)15/h16,18,20,22-23H,17,19,21H2,1-15H3. The fourth-order valence-electron chi connectivity index (χ4n) is 5.55. The predicted molar refractivity (Wildman–Crippen MR) is 158 cm³/mol. The summed E-state index contributed by atoms with van der Waals surface area (Å²) in [5.74, 6) is 0. The molecule has 2 rings (SSSR count). The van der Waals surface area contributed by atoms with Crippen molar-refractivity contribution in [2.24, 2.45) is 0 Å². The van der Waals surface area contributed by atoms with Crippen molar-refractivity contribution in [3.8, 4) is 0 Å². The van der Waals surface area contributed by atoms with Crippen molar-refractivity contribution in [3.63, 3.8) is 0 Å². The third-order valence-corrected chi connectivity index (χ3v) is 7.23. The topological polar surface area (TPSA) is 0 Å². The summed E-state index contributed by atoms with van der Waals surface area (Å²) in [6.07, 6.45) is 3.44. The van der Waals surface area contributed by atoms with Crippen LogP contribution in [0, 0.1) is 0 Å². The minimum atomic E-state index is 0.0977. The van der Waals surface area contributed by atoms with Gasteiger partial charge < -0.3 is 0 Å². The lowest BCUT2D eigenvalue weighted by atomic mass is 9.64. The monoisotopic (exact) mass is 476 g/mol. The van der Waals surface area contributed by atoms with Gasteiger partial charge in [0.2, 0.25) is 0 Å². The average molecular weight is 477 g/mol. The third kappa shape index (κ3) is 7.24. The fourth-order valence-corrected chi connectivity index (χ4v) is 5.55. The summed E-state index contributed by atoms with van der Waals surface area (Å²) in [5.41, 5.74) is 11.4. The highest BCUT2D eigenvalue weighted by Crippen LogP contribution is 2.46. The van der Waals surface area contributed by atoms with Gasteiger partial charge in [0.15, 0.2) is 0 Å². The van der Waals surface area contributed by atoms with E-state index < -0.39 is 0 Å². The summed E-state index contributed by atoms with van der Waals surface area (Å²) in [5, 5.41) is 0. The average Bonchev–Trinajstić information content (AvgIpc) is 2.63. The van der Waals surface area contributed by atoms with E-state index in [-0.39, 0.29) is 27.1 Å². The number of aryl methyl sites for hydroxylation is 1. The zero-order valence-electron chi connectivity index (χ0n) is 26.0. The Morgan fingerprint density at radius 3 is 1.31 bits per heavy atom. The van der Waals surface area contributed by atoms with Gasteiger partial charge in [-0.2, -0.15) is 0 Å². The molecule has 196 valence electrons. The zero-order chi connectivity index (χ0) is 27.2. The molecule has 2 aromatic carbocycles. The van der Waals surface area contributed by atoms with E-state index in [1.54, 1.807) is 16.7 Å². The minimum absolute atomic E-state index is 0.0977. The van der Waals surface area contributed by atoms with Crippen LogP contribution in [0.1, 0.15) is 149 Å². The second kappa shape index (κ2) is 9.72. The van der Waals surface area contributed by atoms with E-state index in [0.717, 1.165) is 12.8 Å². The normalized spacial score (nSPS) is 13.9. The van der Waals surface area contributed by atoms with Crippen LogP contribution in [-0.2, 0) is 39.9 Å². The van der Waals surface area contributed by atoms with Gasteiger partial charge in [0, 0.05) is 0 Å². The first-order valence-electron chi connectivity index (χ1n) is 13.9. The summed E-state index contributed by atoms with van der Waals surface area (Å²) in [7, 11) is 0. The van der Waals surface area contributed by atoms with Crippen LogP contribution in [0.25, 0.3) is 0 Å². The van der Waals surface area contributed by atoms with Gasteiger partial charge in [-0.3, -0.25) is 0 Å². The van der Waals surface area contributed by atoms with Crippen LogP contribution in [0.2, 0.25) is 0 Å². The van der Waals surface area contributed by atoms with E-state index in [2.05, 4.69) is 134 Å². The first-order chi connectivity index (χ1) is 15.5. The summed E-state index contributed by atoms with van der Waals surface area (Å²) in [6.45, 7) is 35.8. The van der Waals surface area contributed by atoms with Crippen LogP contribution < -0.4 is 0 Å². The first kappa shape index (κ1) is 29.7. The number of hydrogen-bond acceptors (Lipinski definition) is 0. The first-order valence-corrected chi connectivity index (χ1v) is 13.9. The molecule has 0 fully saturated rings.